The number of aliphatic imine (C=N–C) groups is 1. The molecule has 0 radical (unpaired) electrons. The average Bonchev–Trinajstić information content (AvgIpc) is 2.75. The summed E-state index contributed by atoms with van der Waals surface area (Å²) in [7, 11) is 0. The van der Waals surface area contributed by atoms with Gasteiger partial charge < -0.3 is 25.4 Å². The van der Waals surface area contributed by atoms with Crippen molar-refractivity contribution in [2.75, 3.05) is 39.3 Å². The Labute approximate surface area is 182 Å². The number of guanidine groups is 1. The van der Waals surface area contributed by atoms with Crippen molar-refractivity contribution in [3.05, 3.63) is 29.8 Å². The number of piperidine rings is 1. The monoisotopic (exact) mass is 444 g/mol. The second kappa shape index (κ2) is 12.8. The summed E-state index contributed by atoms with van der Waals surface area (Å²) in [5, 5.41) is 16.8. The minimum Gasteiger partial charge on any atom is -0.491 e. The van der Waals surface area contributed by atoms with Gasteiger partial charge in [0, 0.05) is 25.7 Å². The van der Waals surface area contributed by atoms with Crippen LogP contribution >= 0.6 is 0 Å². The van der Waals surface area contributed by atoms with E-state index in [4.69, 9.17) is 4.74 Å². The number of hydrogen-bond acceptors (Lipinski definition) is 4. The summed E-state index contributed by atoms with van der Waals surface area (Å²) in [5.74, 6) is 0.930. The standard InChI is InChI=1S/C22H35F3N4O2/c1-3-5-12-29-13-10-18(11-14-29)28-21(26-4-2)27-15-19(30)16-31-20-8-6-17(7-9-20)22(23,24)25/h6-9,18-19,30H,3-5,10-16H2,1-2H3,(H2,26,27,28). The quantitative estimate of drug-likeness (QED) is 0.382. The first-order valence-electron chi connectivity index (χ1n) is 11.1. The molecular weight excluding hydrogens is 409 g/mol. The van der Waals surface area contributed by atoms with Crippen LogP contribution in [0.1, 0.15) is 45.1 Å². The molecule has 3 N–H and O–H groups in total. The van der Waals surface area contributed by atoms with E-state index in [1.165, 1.54) is 25.0 Å². The van der Waals surface area contributed by atoms with Crippen LogP contribution in [0.4, 0.5) is 13.2 Å². The second-order valence-corrected chi connectivity index (χ2v) is 7.82. The smallest absolute Gasteiger partial charge is 0.416 e. The molecule has 2 rings (SSSR count). The fourth-order valence-corrected chi connectivity index (χ4v) is 3.38. The lowest BCUT2D eigenvalue weighted by Crippen LogP contribution is -2.49. The molecule has 0 aliphatic carbocycles. The van der Waals surface area contributed by atoms with E-state index in [2.05, 4.69) is 27.4 Å². The van der Waals surface area contributed by atoms with Gasteiger partial charge in [0.15, 0.2) is 5.96 Å². The predicted octanol–water partition coefficient (Wildman–Crippen LogP) is 3.26. The van der Waals surface area contributed by atoms with Crippen LogP contribution in [-0.4, -0.2) is 67.4 Å². The number of aliphatic hydroxyl groups excluding tert-OH is 1. The topological polar surface area (TPSA) is 69.1 Å². The van der Waals surface area contributed by atoms with Crippen molar-refractivity contribution in [1.82, 2.24) is 15.5 Å². The summed E-state index contributed by atoms with van der Waals surface area (Å²) in [6.45, 7) is 8.27. The number of aliphatic hydroxyl groups is 1. The van der Waals surface area contributed by atoms with Crippen LogP contribution in [0.25, 0.3) is 0 Å². The molecule has 1 aromatic rings. The first-order valence-corrected chi connectivity index (χ1v) is 11.1. The second-order valence-electron chi connectivity index (χ2n) is 7.82. The summed E-state index contributed by atoms with van der Waals surface area (Å²) in [5.41, 5.74) is -0.734. The Balaban J connectivity index is 1.76. The average molecular weight is 445 g/mol. The minimum atomic E-state index is -4.38. The molecule has 0 bridgehead atoms. The van der Waals surface area contributed by atoms with Gasteiger partial charge in [0.25, 0.3) is 0 Å². The number of alkyl halides is 3. The zero-order chi connectivity index (χ0) is 22.7. The maximum absolute atomic E-state index is 12.6. The summed E-state index contributed by atoms with van der Waals surface area (Å²) in [6.07, 6.45) is -0.709. The maximum Gasteiger partial charge on any atom is 0.416 e. The Hall–Kier alpha value is -2.00. The van der Waals surface area contributed by atoms with Gasteiger partial charge in [0.2, 0.25) is 0 Å². The molecule has 31 heavy (non-hydrogen) atoms. The number of benzene rings is 1. The molecule has 9 heteroatoms. The first-order chi connectivity index (χ1) is 14.8. The molecule has 1 aromatic carbocycles. The number of rotatable bonds is 10. The number of unbranched alkanes of at least 4 members (excludes halogenated alkanes) is 1. The van der Waals surface area contributed by atoms with Crippen molar-refractivity contribution >= 4 is 5.96 Å². The molecule has 0 spiro atoms. The number of ether oxygens (including phenoxy) is 1. The molecule has 0 aromatic heterocycles. The zero-order valence-corrected chi connectivity index (χ0v) is 18.4. The van der Waals surface area contributed by atoms with E-state index >= 15 is 0 Å². The third kappa shape index (κ3) is 9.35. The van der Waals surface area contributed by atoms with Crippen LogP contribution in [0, 0.1) is 0 Å². The Kier molecular flexibility index (Phi) is 10.4. The Morgan fingerprint density at radius 3 is 2.48 bits per heavy atom. The van der Waals surface area contributed by atoms with Crippen LogP contribution in [0.3, 0.4) is 0 Å². The minimum absolute atomic E-state index is 0.0515. The van der Waals surface area contributed by atoms with Gasteiger partial charge in [0.05, 0.1) is 12.1 Å². The molecule has 1 heterocycles. The molecule has 0 amide bonds. The van der Waals surface area contributed by atoms with E-state index in [1.54, 1.807) is 0 Å². The Morgan fingerprint density at radius 2 is 1.90 bits per heavy atom. The van der Waals surface area contributed by atoms with E-state index < -0.39 is 17.8 Å². The molecule has 1 atom stereocenters. The van der Waals surface area contributed by atoms with Gasteiger partial charge in [-0.05, 0) is 57.0 Å². The van der Waals surface area contributed by atoms with Crippen molar-refractivity contribution < 1.29 is 23.0 Å². The Morgan fingerprint density at radius 1 is 1.23 bits per heavy atom. The van der Waals surface area contributed by atoms with Crippen molar-refractivity contribution in [3.8, 4) is 5.75 Å². The van der Waals surface area contributed by atoms with E-state index in [0.717, 1.165) is 44.6 Å². The first kappa shape index (κ1) is 25.3. The SMILES string of the molecule is CCCCN1CCC(NC(=NCC(O)COc2ccc(C(F)(F)F)cc2)NCC)CC1. The van der Waals surface area contributed by atoms with Gasteiger partial charge in [-0.15, -0.1) is 0 Å². The lowest BCUT2D eigenvalue weighted by atomic mass is 10.0. The van der Waals surface area contributed by atoms with Crippen LogP contribution in [0.2, 0.25) is 0 Å². The molecule has 1 saturated heterocycles. The molecule has 176 valence electrons. The molecule has 1 aliphatic heterocycles. The van der Waals surface area contributed by atoms with Gasteiger partial charge in [-0.25, -0.2) is 0 Å². The normalized spacial score (nSPS) is 17.4. The number of nitrogens with one attached hydrogen (secondary N) is 2. The molecule has 0 saturated carbocycles. The molecule has 1 unspecified atom stereocenters. The van der Waals surface area contributed by atoms with Gasteiger partial charge in [-0.2, -0.15) is 13.2 Å². The van der Waals surface area contributed by atoms with E-state index in [-0.39, 0.29) is 18.9 Å². The highest BCUT2D eigenvalue weighted by atomic mass is 19.4. The number of nitrogens with zero attached hydrogens (tertiary/aromatic N) is 2. The van der Waals surface area contributed by atoms with E-state index in [9.17, 15) is 18.3 Å². The summed E-state index contributed by atoms with van der Waals surface area (Å²) in [6, 6.07) is 4.76. The fraction of sp³-hybridized carbons (Fsp3) is 0.682. The molecule has 6 nitrogen and oxygen atoms in total. The van der Waals surface area contributed by atoms with Crippen molar-refractivity contribution in [3.63, 3.8) is 0 Å². The van der Waals surface area contributed by atoms with Crippen molar-refractivity contribution in [1.29, 1.82) is 0 Å². The third-order valence-corrected chi connectivity index (χ3v) is 5.18. The molecule has 1 fully saturated rings. The lowest BCUT2D eigenvalue weighted by molar-refractivity contribution is -0.137. The highest BCUT2D eigenvalue weighted by molar-refractivity contribution is 5.80. The van der Waals surface area contributed by atoms with Gasteiger partial charge in [-0.3, -0.25) is 4.99 Å². The largest absolute Gasteiger partial charge is 0.491 e. The third-order valence-electron chi connectivity index (χ3n) is 5.18. The van der Waals surface area contributed by atoms with Crippen LogP contribution in [0.15, 0.2) is 29.3 Å². The zero-order valence-electron chi connectivity index (χ0n) is 18.4. The van der Waals surface area contributed by atoms with Crippen LogP contribution in [-0.2, 0) is 6.18 Å². The van der Waals surface area contributed by atoms with Crippen molar-refractivity contribution in [2.45, 2.75) is 57.9 Å². The van der Waals surface area contributed by atoms with Crippen molar-refractivity contribution in [2.24, 2.45) is 4.99 Å². The predicted molar refractivity (Wildman–Crippen MR) is 116 cm³/mol. The number of hydrogen-bond donors (Lipinski definition) is 3. The summed E-state index contributed by atoms with van der Waals surface area (Å²) >= 11 is 0. The number of halogens is 3. The Bertz CT molecular complexity index is 660. The summed E-state index contributed by atoms with van der Waals surface area (Å²) in [4.78, 5) is 6.93. The van der Waals surface area contributed by atoms with E-state index in [1.807, 2.05) is 6.92 Å². The number of likely N-dealkylation sites (tertiary alicyclic amines) is 1. The maximum atomic E-state index is 12.6. The van der Waals surface area contributed by atoms with Crippen LogP contribution in [0.5, 0.6) is 5.75 Å². The molecule has 1 aliphatic rings. The van der Waals surface area contributed by atoms with E-state index in [0.29, 0.717) is 18.5 Å². The highest BCUT2D eigenvalue weighted by Gasteiger charge is 2.30. The summed E-state index contributed by atoms with van der Waals surface area (Å²) < 4.78 is 43.2. The lowest BCUT2D eigenvalue weighted by Gasteiger charge is -2.33. The van der Waals surface area contributed by atoms with Gasteiger partial charge in [0.1, 0.15) is 18.5 Å². The highest BCUT2D eigenvalue weighted by Crippen LogP contribution is 2.30. The van der Waals surface area contributed by atoms with Gasteiger partial charge >= 0.3 is 6.18 Å². The fourth-order valence-electron chi connectivity index (χ4n) is 3.38. The molecular formula is C22H35F3N4O2. The van der Waals surface area contributed by atoms with Gasteiger partial charge in [-0.1, -0.05) is 13.3 Å². The van der Waals surface area contributed by atoms with Crippen LogP contribution < -0.4 is 15.4 Å².